The predicted molar refractivity (Wildman–Crippen MR) is 88.9 cm³/mol. The van der Waals surface area contributed by atoms with Crippen LogP contribution in [-0.2, 0) is 16.0 Å². The fourth-order valence-electron chi connectivity index (χ4n) is 2.03. The summed E-state index contributed by atoms with van der Waals surface area (Å²) in [6, 6.07) is 7.33. The molecule has 0 spiro atoms. The first-order valence-electron chi connectivity index (χ1n) is 7.76. The van der Waals surface area contributed by atoms with Crippen molar-refractivity contribution in [1.29, 1.82) is 0 Å². The van der Waals surface area contributed by atoms with Crippen LogP contribution in [0.2, 0.25) is 0 Å². The molecule has 0 fully saturated rings. The van der Waals surface area contributed by atoms with Gasteiger partial charge in [0.2, 0.25) is 11.7 Å². The Balaban J connectivity index is 1.83. The number of carbonyl (C=O) groups excluding carboxylic acids is 2. The van der Waals surface area contributed by atoms with Gasteiger partial charge in [-0.2, -0.15) is 0 Å². The molecule has 1 heterocycles. The van der Waals surface area contributed by atoms with E-state index < -0.39 is 0 Å². The molecule has 1 aromatic heterocycles. The molecule has 24 heavy (non-hydrogen) atoms. The van der Waals surface area contributed by atoms with E-state index in [0.29, 0.717) is 18.8 Å². The fourth-order valence-corrected chi connectivity index (χ4v) is 2.03. The van der Waals surface area contributed by atoms with Gasteiger partial charge in [-0.05, 0) is 5.56 Å². The highest BCUT2D eigenvalue weighted by atomic mass is 16.1. The SMILES string of the molecule is CC(C)(C)C(=O)CCNC(=O)Cc1ccc(-c2nncnn2)cc1. The highest BCUT2D eigenvalue weighted by Crippen LogP contribution is 2.16. The number of amides is 1. The third-order valence-electron chi connectivity index (χ3n) is 3.50. The minimum atomic E-state index is -0.371. The van der Waals surface area contributed by atoms with Crippen molar-refractivity contribution in [2.45, 2.75) is 33.6 Å². The van der Waals surface area contributed by atoms with Crippen molar-refractivity contribution in [3.05, 3.63) is 36.2 Å². The molecule has 1 N–H and O–H groups in total. The zero-order chi connectivity index (χ0) is 17.6. The second kappa shape index (κ2) is 7.72. The summed E-state index contributed by atoms with van der Waals surface area (Å²) < 4.78 is 0. The summed E-state index contributed by atoms with van der Waals surface area (Å²) >= 11 is 0. The van der Waals surface area contributed by atoms with Crippen LogP contribution < -0.4 is 5.32 Å². The minimum absolute atomic E-state index is 0.108. The van der Waals surface area contributed by atoms with Crippen LogP contribution in [0.5, 0.6) is 0 Å². The minimum Gasteiger partial charge on any atom is -0.355 e. The van der Waals surface area contributed by atoms with E-state index in [9.17, 15) is 9.59 Å². The molecule has 0 aliphatic heterocycles. The molecule has 0 bridgehead atoms. The molecule has 0 aliphatic carbocycles. The second-order valence-electron chi connectivity index (χ2n) is 6.52. The van der Waals surface area contributed by atoms with E-state index in [-0.39, 0.29) is 23.5 Å². The average molecular weight is 327 g/mol. The van der Waals surface area contributed by atoms with Crippen LogP contribution >= 0.6 is 0 Å². The molecule has 7 heteroatoms. The molecule has 1 aromatic carbocycles. The zero-order valence-electron chi connectivity index (χ0n) is 14.1. The Morgan fingerprint density at radius 2 is 1.67 bits per heavy atom. The summed E-state index contributed by atoms with van der Waals surface area (Å²) in [4.78, 5) is 23.7. The maximum absolute atomic E-state index is 11.9. The number of nitrogens with zero attached hydrogens (tertiary/aromatic N) is 4. The first-order chi connectivity index (χ1) is 11.4. The third-order valence-corrected chi connectivity index (χ3v) is 3.50. The first kappa shape index (κ1) is 17.7. The Morgan fingerprint density at radius 3 is 2.25 bits per heavy atom. The number of nitrogens with one attached hydrogen (secondary N) is 1. The van der Waals surface area contributed by atoms with E-state index >= 15 is 0 Å². The number of carbonyl (C=O) groups is 2. The van der Waals surface area contributed by atoms with Gasteiger partial charge < -0.3 is 5.32 Å². The van der Waals surface area contributed by atoms with Crippen LogP contribution in [0.3, 0.4) is 0 Å². The lowest BCUT2D eigenvalue weighted by atomic mass is 9.89. The topological polar surface area (TPSA) is 97.7 Å². The van der Waals surface area contributed by atoms with Gasteiger partial charge in [-0.25, -0.2) is 0 Å². The van der Waals surface area contributed by atoms with Gasteiger partial charge in [-0.15, -0.1) is 20.4 Å². The maximum Gasteiger partial charge on any atom is 0.224 e. The van der Waals surface area contributed by atoms with Crippen LogP contribution in [0.4, 0.5) is 0 Å². The molecule has 126 valence electrons. The average Bonchev–Trinajstić information content (AvgIpc) is 2.55. The van der Waals surface area contributed by atoms with E-state index in [0.717, 1.165) is 11.1 Å². The van der Waals surface area contributed by atoms with Gasteiger partial charge >= 0.3 is 0 Å². The van der Waals surface area contributed by atoms with Gasteiger partial charge in [-0.3, -0.25) is 9.59 Å². The number of aromatic nitrogens is 4. The monoisotopic (exact) mass is 327 g/mol. The van der Waals surface area contributed by atoms with Crippen molar-refractivity contribution >= 4 is 11.7 Å². The first-order valence-corrected chi connectivity index (χ1v) is 7.76. The van der Waals surface area contributed by atoms with Crippen molar-refractivity contribution in [2.24, 2.45) is 5.41 Å². The molecule has 0 unspecified atom stereocenters. The van der Waals surface area contributed by atoms with E-state index in [1.165, 1.54) is 6.33 Å². The number of benzene rings is 1. The summed E-state index contributed by atoms with van der Waals surface area (Å²) in [6.07, 6.45) is 1.88. The van der Waals surface area contributed by atoms with E-state index in [1.54, 1.807) is 0 Å². The fraction of sp³-hybridized carbons (Fsp3) is 0.412. The lowest BCUT2D eigenvalue weighted by Gasteiger charge is -2.16. The predicted octanol–water partition coefficient (Wildman–Crippen LogP) is 1.60. The van der Waals surface area contributed by atoms with Crippen LogP contribution in [0, 0.1) is 5.41 Å². The Kier molecular flexibility index (Phi) is 5.68. The Morgan fingerprint density at radius 1 is 1.04 bits per heavy atom. The van der Waals surface area contributed by atoms with Crippen molar-refractivity contribution in [2.75, 3.05) is 6.54 Å². The van der Waals surface area contributed by atoms with Crippen molar-refractivity contribution in [3.63, 3.8) is 0 Å². The number of ketones is 1. The van der Waals surface area contributed by atoms with Gasteiger partial charge in [0, 0.05) is 23.9 Å². The number of hydrogen-bond donors (Lipinski definition) is 1. The number of hydrogen-bond acceptors (Lipinski definition) is 6. The second-order valence-corrected chi connectivity index (χ2v) is 6.52. The molecule has 1 amide bonds. The standard InChI is InChI=1S/C17H21N5O2/c1-17(2,3)14(23)8-9-18-15(24)10-12-4-6-13(7-5-12)16-21-19-11-20-22-16/h4-7,11H,8-10H2,1-3H3,(H,18,24). The van der Waals surface area contributed by atoms with Gasteiger partial charge in [0.25, 0.3) is 0 Å². The molecule has 7 nitrogen and oxygen atoms in total. The Labute approximate surface area is 140 Å². The summed E-state index contributed by atoms with van der Waals surface area (Å²) in [5, 5.41) is 17.9. The highest BCUT2D eigenvalue weighted by molar-refractivity contribution is 5.84. The van der Waals surface area contributed by atoms with Crippen LogP contribution in [-0.4, -0.2) is 38.6 Å². The lowest BCUT2D eigenvalue weighted by molar-refractivity contribution is -0.126. The van der Waals surface area contributed by atoms with E-state index in [1.807, 2.05) is 45.0 Å². The van der Waals surface area contributed by atoms with Gasteiger partial charge in [-0.1, -0.05) is 45.0 Å². The smallest absolute Gasteiger partial charge is 0.224 e. The number of Topliss-reactive ketones (excluding diaryl/α,β-unsaturated/α-hetero) is 1. The molecule has 2 rings (SSSR count). The Bertz CT molecular complexity index is 693. The zero-order valence-corrected chi connectivity index (χ0v) is 14.1. The maximum atomic E-state index is 11.9. The van der Waals surface area contributed by atoms with E-state index in [2.05, 4.69) is 25.7 Å². The van der Waals surface area contributed by atoms with Gasteiger partial charge in [0.15, 0.2) is 6.33 Å². The molecule has 2 aromatic rings. The molecule has 0 saturated carbocycles. The van der Waals surface area contributed by atoms with Crippen LogP contribution in [0.25, 0.3) is 11.4 Å². The molecule has 0 atom stereocenters. The Hall–Kier alpha value is -2.70. The largest absolute Gasteiger partial charge is 0.355 e. The quantitative estimate of drug-likeness (QED) is 0.865. The highest BCUT2D eigenvalue weighted by Gasteiger charge is 2.20. The molecular weight excluding hydrogens is 306 g/mol. The van der Waals surface area contributed by atoms with Crippen molar-refractivity contribution < 1.29 is 9.59 Å². The van der Waals surface area contributed by atoms with E-state index in [4.69, 9.17) is 0 Å². The van der Waals surface area contributed by atoms with Crippen molar-refractivity contribution in [1.82, 2.24) is 25.7 Å². The van der Waals surface area contributed by atoms with Crippen LogP contribution in [0.1, 0.15) is 32.8 Å². The normalized spacial score (nSPS) is 11.1. The summed E-state index contributed by atoms with van der Waals surface area (Å²) in [5.41, 5.74) is 1.29. The summed E-state index contributed by atoms with van der Waals surface area (Å²) in [6.45, 7) is 5.99. The van der Waals surface area contributed by atoms with Gasteiger partial charge in [0.1, 0.15) is 5.78 Å². The van der Waals surface area contributed by atoms with Gasteiger partial charge in [0.05, 0.1) is 6.42 Å². The summed E-state index contributed by atoms with van der Waals surface area (Å²) in [7, 11) is 0. The van der Waals surface area contributed by atoms with Crippen molar-refractivity contribution in [3.8, 4) is 11.4 Å². The molecular formula is C17H21N5O2. The molecule has 0 aliphatic rings. The lowest BCUT2D eigenvalue weighted by Crippen LogP contribution is -2.30. The van der Waals surface area contributed by atoms with Crippen LogP contribution in [0.15, 0.2) is 30.6 Å². The molecule has 0 radical (unpaired) electrons. The number of rotatable bonds is 6. The summed E-state index contributed by atoms with van der Waals surface area (Å²) in [5.74, 6) is 0.468. The third kappa shape index (κ3) is 5.19. The molecule has 0 saturated heterocycles.